The summed E-state index contributed by atoms with van der Waals surface area (Å²) in [6, 6.07) is 4.70. The van der Waals surface area contributed by atoms with Crippen LogP contribution in [0.5, 0.6) is 0 Å². The summed E-state index contributed by atoms with van der Waals surface area (Å²) in [4.78, 5) is 26.9. The Morgan fingerprint density at radius 3 is 2.75 bits per heavy atom. The van der Waals surface area contributed by atoms with Crippen LogP contribution in [0.15, 0.2) is 24.3 Å². The highest BCUT2D eigenvalue weighted by Gasteiger charge is 2.25. The minimum absolute atomic E-state index is 0.216. The first kappa shape index (κ1) is 13.7. The average molecular weight is 271 g/mol. The first-order chi connectivity index (χ1) is 9.51. The predicted octanol–water partition coefficient (Wildman–Crippen LogP) is 1.02. The summed E-state index contributed by atoms with van der Waals surface area (Å²) in [6.07, 6.45) is 3.59. The van der Waals surface area contributed by atoms with E-state index < -0.39 is 11.9 Å². The zero-order valence-electron chi connectivity index (χ0n) is 10.8. The standard InChI is InChI=1S/C14H13N3O3/c1-8-10(7-15)3-5-12(16-8)13(18)17-11-4-2-9(6-11)14(19)20/h2-5,9,11H,6H2,1H3,(H,17,18)(H,19,20). The van der Waals surface area contributed by atoms with Gasteiger partial charge in [-0.1, -0.05) is 12.2 Å². The van der Waals surface area contributed by atoms with Gasteiger partial charge in [0.1, 0.15) is 11.8 Å². The Balaban J connectivity index is 2.03. The van der Waals surface area contributed by atoms with Gasteiger partial charge < -0.3 is 10.4 Å². The van der Waals surface area contributed by atoms with Gasteiger partial charge >= 0.3 is 5.97 Å². The van der Waals surface area contributed by atoms with Gasteiger partial charge in [0.25, 0.3) is 5.91 Å². The van der Waals surface area contributed by atoms with Crippen molar-refractivity contribution in [2.75, 3.05) is 0 Å². The van der Waals surface area contributed by atoms with Crippen LogP contribution >= 0.6 is 0 Å². The van der Waals surface area contributed by atoms with Gasteiger partial charge in [0, 0.05) is 6.04 Å². The van der Waals surface area contributed by atoms with E-state index in [1.807, 2.05) is 6.07 Å². The number of aryl methyl sites for hydroxylation is 1. The van der Waals surface area contributed by atoms with Crippen molar-refractivity contribution in [3.63, 3.8) is 0 Å². The largest absolute Gasteiger partial charge is 0.481 e. The molecule has 2 unspecified atom stereocenters. The third kappa shape index (κ3) is 2.83. The SMILES string of the molecule is Cc1nc(C(=O)NC2C=CC(C(=O)O)C2)ccc1C#N. The number of aromatic nitrogens is 1. The smallest absolute Gasteiger partial charge is 0.310 e. The van der Waals surface area contributed by atoms with Gasteiger partial charge in [0.15, 0.2) is 0 Å². The van der Waals surface area contributed by atoms with E-state index in [0.717, 1.165) is 0 Å². The summed E-state index contributed by atoms with van der Waals surface area (Å²) in [5, 5.41) is 20.4. The fourth-order valence-corrected chi connectivity index (χ4v) is 2.04. The van der Waals surface area contributed by atoms with Gasteiger partial charge in [-0.15, -0.1) is 0 Å². The second-order valence-electron chi connectivity index (χ2n) is 4.59. The number of carbonyl (C=O) groups is 2. The number of amides is 1. The minimum Gasteiger partial charge on any atom is -0.481 e. The zero-order chi connectivity index (χ0) is 14.7. The molecule has 0 aromatic carbocycles. The maximum Gasteiger partial charge on any atom is 0.310 e. The molecule has 0 radical (unpaired) electrons. The Hall–Kier alpha value is -2.68. The highest BCUT2D eigenvalue weighted by molar-refractivity contribution is 5.92. The summed E-state index contributed by atoms with van der Waals surface area (Å²) in [5.41, 5.74) is 1.13. The molecular weight excluding hydrogens is 258 g/mol. The van der Waals surface area contributed by atoms with Crippen molar-refractivity contribution in [1.82, 2.24) is 10.3 Å². The van der Waals surface area contributed by atoms with E-state index in [0.29, 0.717) is 17.7 Å². The number of nitriles is 1. The van der Waals surface area contributed by atoms with Crippen LogP contribution in [0.1, 0.15) is 28.2 Å². The monoisotopic (exact) mass is 271 g/mol. The summed E-state index contributed by atoms with van der Waals surface area (Å²) in [6.45, 7) is 1.66. The summed E-state index contributed by atoms with van der Waals surface area (Å²) >= 11 is 0. The van der Waals surface area contributed by atoms with Crippen LogP contribution in [0.25, 0.3) is 0 Å². The highest BCUT2D eigenvalue weighted by Crippen LogP contribution is 2.18. The Morgan fingerprint density at radius 2 is 2.20 bits per heavy atom. The van der Waals surface area contributed by atoms with Gasteiger partial charge in [0.05, 0.1) is 17.2 Å². The predicted molar refractivity (Wildman–Crippen MR) is 69.8 cm³/mol. The first-order valence-electron chi connectivity index (χ1n) is 6.11. The number of nitrogens with one attached hydrogen (secondary N) is 1. The van der Waals surface area contributed by atoms with E-state index in [9.17, 15) is 9.59 Å². The molecule has 0 aliphatic heterocycles. The van der Waals surface area contributed by atoms with Crippen molar-refractivity contribution in [3.05, 3.63) is 41.2 Å². The number of nitrogens with zero attached hydrogens (tertiary/aromatic N) is 2. The lowest BCUT2D eigenvalue weighted by Crippen LogP contribution is -2.33. The maximum atomic E-state index is 12.0. The van der Waals surface area contributed by atoms with E-state index in [-0.39, 0.29) is 17.6 Å². The number of hydrogen-bond donors (Lipinski definition) is 2. The normalized spacial score (nSPS) is 20.4. The van der Waals surface area contributed by atoms with Crippen molar-refractivity contribution >= 4 is 11.9 Å². The van der Waals surface area contributed by atoms with E-state index in [1.54, 1.807) is 25.1 Å². The zero-order valence-corrected chi connectivity index (χ0v) is 10.8. The molecule has 0 spiro atoms. The van der Waals surface area contributed by atoms with Crippen LogP contribution in [0.2, 0.25) is 0 Å². The fraction of sp³-hybridized carbons (Fsp3) is 0.286. The molecule has 2 N–H and O–H groups in total. The number of carboxylic acid groups (broad SMARTS) is 1. The summed E-state index contributed by atoms with van der Waals surface area (Å²) in [7, 11) is 0. The molecule has 0 saturated heterocycles. The van der Waals surface area contributed by atoms with Crippen LogP contribution < -0.4 is 5.32 Å². The number of aliphatic carboxylic acids is 1. The van der Waals surface area contributed by atoms with Crippen LogP contribution in [-0.2, 0) is 4.79 Å². The highest BCUT2D eigenvalue weighted by atomic mass is 16.4. The van der Waals surface area contributed by atoms with Crippen LogP contribution in [-0.4, -0.2) is 28.0 Å². The van der Waals surface area contributed by atoms with Gasteiger partial charge in [-0.05, 0) is 25.5 Å². The lowest BCUT2D eigenvalue weighted by atomic mass is 10.1. The van der Waals surface area contributed by atoms with Crippen molar-refractivity contribution in [2.45, 2.75) is 19.4 Å². The number of carbonyl (C=O) groups excluding carboxylic acids is 1. The molecule has 1 aliphatic rings. The molecule has 1 aliphatic carbocycles. The minimum atomic E-state index is -0.898. The molecule has 1 aromatic rings. The van der Waals surface area contributed by atoms with E-state index in [2.05, 4.69) is 10.3 Å². The molecule has 1 amide bonds. The van der Waals surface area contributed by atoms with Crippen LogP contribution in [0, 0.1) is 24.2 Å². The molecule has 1 aromatic heterocycles. The first-order valence-corrected chi connectivity index (χ1v) is 6.11. The number of carboxylic acids is 1. The molecule has 102 valence electrons. The van der Waals surface area contributed by atoms with Gasteiger partial charge in [-0.2, -0.15) is 5.26 Å². The van der Waals surface area contributed by atoms with Gasteiger partial charge in [-0.25, -0.2) is 4.98 Å². The van der Waals surface area contributed by atoms with E-state index >= 15 is 0 Å². The van der Waals surface area contributed by atoms with Crippen LogP contribution in [0.3, 0.4) is 0 Å². The number of hydrogen-bond acceptors (Lipinski definition) is 4. The molecule has 0 saturated carbocycles. The number of rotatable bonds is 3. The fourth-order valence-electron chi connectivity index (χ4n) is 2.04. The van der Waals surface area contributed by atoms with Crippen molar-refractivity contribution < 1.29 is 14.7 Å². The van der Waals surface area contributed by atoms with Crippen LogP contribution in [0.4, 0.5) is 0 Å². The molecule has 0 fully saturated rings. The van der Waals surface area contributed by atoms with Gasteiger partial charge in [-0.3, -0.25) is 9.59 Å². The lowest BCUT2D eigenvalue weighted by Gasteiger charge is -2.12. The van der Waals surface area contributed by atoms with Crippen molar-refractivity contribution in [1.29, 1.82) is 5.26 Å². The third-order valence-corrected chi connectivity index (χ3v) is 3.16. The third-order valence-electron chi connectivity index (χ3n) is 3.16. The molecule has 6 heteroatoms. The Kier molecular flexibility index (Phi) is 3.80. The topological polar surface area (TPSA) is 103 Å². The molecule has 2 atom stereocenters. The Labute approximate surface area is 115 Å². The molecule has 2 rings (SSSR count). The molecular formula is C14H13N3O3. The Morgan fingerprint density at radius 1 is 1.45 bits per heavy atom. The molecule has 1 heterocycles. The van der Waals surface area contributed by atoms with Crippen molar-refractivity contribution in [3.8, 4) is 6.07 Å². The number of pyridine rings is 1. The lowest BCUT2D eigenvalue weighted by molar-refractivity contribution is -0.140. The van der Waals surface area contributed by atoms with Crippen molar-refractivity contribution in [2.24, 2.45) is 5.92 Å². The van der Waals surface area contributed by atoms with E-state index in [4.69, 9.17) is 10.4 Å². The molecule has 6 nitrogen and oxygen atoms in total. The molecule has 20 heavy (non-hydrogen) atoms. The summed E-state index contributed by atoms with van der Waals surface area (Å²) in [5.74, 6) is -1.83. The quantitative estimate of drug-likeness (QED) is 0.799. The second kappa shape index (κ2) is 5.53. The molecule has 0 bridgehead atoms. The van der Waals surface area contributed by atoms with Gasteiger partial charge in [0.2, 0.25) is 0 Å². The maximum absolute atomic E-state index is 12.0. The summed E-state index contributed by atoms with van der Waals surface area (Å²) < 4.78 is 0. The Bertz CT molecular complexity index is 631. The second-order valence-corrected chi connectivity index (χ2v) is 4.59. The average Bonchev–Trinajstić information content (AvgIpc) is 2.87. The van der Waals surface area contributed by atoms with E-state index in [1.165, 1.54) is 6.07 Å².